The largest absolute Gasteiger partial charge is 0.465 e. The Kier molecular flexibility index (Phi) is 4.23. The van der Waals surface area contributed by atoms with Crippen LogP contribution in [0.1, 0.15) is 39.8 Å². The Morgan fingerprint density at radius 1 is 1.25 bits per heavy atom. The van der Waals surface area contributed by atoms with E-state index in [0.29, 0.717) is 12.1 Å². The molecule has 0 aliphatic carbocycles. The van der Waals surface area contributed by atoms with Crippen LogP contribution in [-0.2, 0) is 17.7 Å². The lowest BCUT2D eigenvalue weighted by Gasteiger charge is -2.06. The summed E-state index contributed by atoms with van der Waals surface area (Å²) in [6, 6.07) is 7.45. The molecule has 0 bridgehead atoms. The van der Waals surface area contributed by atoms with Crippen LogP contribution in [-0.4, -0.2) is 22.9 Å². The lowest BCUT2D eigenvalue weighted by Crippen LogP contribution is -2.05. The van der Waals surface area contributed by atoms with Crippen LogP contribution in [0, 0.1) is 13.8 Å². The molecule has 106 valence electrons. The first-order valence-corrected chi connectivity index (χ1v) is 6.77. The number of aryl methyl sites for hydroxylation is 1. The molecule has 0 amide bonds. The minimum absolute atomic E-state index is 0.309. The van der Waals surface area contributed by atoms with Gasteiger partial charge in [0, 0.05) is 5.69 Å². The molecule has 0 spiro atoms. The molecule has 0 aliphatic rings. The average molecular weight is 272 g/mol. The minimum atomic E-state index is -0.309. The summed E-state index contributed by atoms with van der Waals surface area (Å²) in [5, 5.41) is 4.58. The molecule has 0 radical (unpaired) electrons. The van der Waals surface area contributed by atoms with Crippen molar-refractivity contribution in [3.63, 3.8) is 0 Å². The van der Waals surface area contributed by atoms with E-state index < -0.39 is 0 Å². The van der Waals surface area contributed by atoms with Crippen molar-refractivity contribution in [1.29, 1.82) is 0 Å². The lowest BCUT2D eigenvalue weighted by atomic mass is 10.1. The Labute approximate surface area is 119 Å². The van der Waals surface area contributed by atoms with Crippen LogP contribution in [0.4, 0.5) is 0 Å². The number of esters is 1. The maximum absolute atomic E-state index is 11.4. The van der Waals surface area contributed by atoms with Crippen molar-refractivity contribution in [3.8, 4) is 0 Å². The standard InChI is InChI=1S/C16H20N2O2/c1-5-15-11(2)17-18(12(15)3)10-13-6-8-14(9-7-13)16(19)20-4/h6-9H,5,10H2,1-4H3. The van der Waals surface area contributed by atoms with Crippen molar-refractivity contribution in [2.24, 2.45) is 0 Å². The van der Waals surface area contributed by atoms with E-state index in [4.69, 9.17) is 4.74 Å². The Bertz CT molecular complexity index is 612. The summed E-state index contributed by atoms with van der Waals surface area (Å²) < 4.78 is 6.71. The van der Waals surface area contributed by atoms with Gasteiger partial charge in [0.15, 0.2) is 0 Å². The first-order valence-electron chi connectivity index (χ1n) is 6.77. The van der Waals surface area contributed by atoms with Crippen molar-refractivity contribution in [1.82, 2.24) is 9.78 Å². The Hall–Kier alpha value is -2.10. The summed E-state index contributed by atoms with van der Waals surface area (Å²) >= 11 is 0. The number of rotatable bonds is 4. The van der Waals surface area contributed by atoms with Gasteiger partial charge in [0.1, 0.15) is 0 Å². The third-order valence-electron chi connectivity index (χ3n) is 3.59. The topological polar surface area (TPSA) is 44.1 Å². The smallest absolute Gasteiger partial charge is 0.337 e. The summed E-state index contributed by atoms with van der Waals surface area (Å²) in [4.78, 5) is 11.4. The van der Waals surface area contributed by atoms with E-state index in [-0.39, 0.29) is 5.97 Å². The Morgan fingerprint density at radius 3 is 2.40 bits per heavy atom. The van der Waals surface area contributed by atoms with E-state index in [1.807, 2.05) is 23.7 Å². The first-order chi connectivity index (χ1) is 9.56. The fourth-order valence-corrected chi connectivity index (χ4v) is 2.44. The van der Waals surface area contributed by atoms with E-state index in [0.717, 1.165) is 17.7 Å². The van der Waals surface area contributed by atoms with E-state index in [1.165, 1.54) is 18.4 Å². The van der Waals surface area contributed by atoms with Crippen molar-refractivity contribution in [3.05, 3.63) is 52.3 Å². The highest BCUT2D eigenvalue weighted by molar-refractivity contribution is 5.89. The van der Waals surface area contributed by atoms with Crippen LogP contribution in [0.25, 0.3) is 0 Å². The number of hydrogen-bond acceptors (Lipinski definition) is 3. The molecule has 20 heavy (non-hydrogen) atoms. The van der Waals surface area contributed by atoms with Gasteiger partial charge in [0.25, 0.3) is 0 Å². The molecule has 1 heterocycles. The minimum Gasteiger partial charge on any atom is -0.465 e. The number of benzene rings is 1. The van der Waals surface area contributed by atoms with Crippen molar-refractivity contribution < 1.29 is 9.53 Å². The number of nitrogens with zero attached hydrogens (tertiary/aromatic N) is 2. The third-order valence-corrected chi connectivity index (χ3v) is 3.59. The van der Waals surface area contributed by atoms with E-state index in [9.17, 15) is 4.79 Å². The molecule has 0 N–H and O–H groups in total. The van der Waals surface area contributed by atoms with Gasteiger partial charge in [-0.15, -0.1) is 0 Å². The van der Waals surface area contributed by atoms with Gasteiger partial charge in [0.2, 0.25) is 0 Å². The molecular weight excluding hydrogens is 252 g/mol. The molecule has 0 fully saturated rings. The molecule has 2 aromatic rings. The van der Waals surface area contributed by atoms with E-state index in [1.54, 1.807) is 12.1 Å². The van der Waals surface area contributed by atoms with Crippen LogP contribution in [0.15, 0.2) is 24.3 Å². The molecule has 4 nitrogen and oxygen atoms in total. The van der Waals surface area contributed by atoms with Crippen LogP contribution >= 0.6 is 0 Å². The van der Waals surface area contributed by atoms with Crippen molar-refractivity contribution in [2.75, 3.05) is 7.11 Å². The summed E-state index contributed by atoms with van der Waals surface area (Å²) in [5.41, 5.74) is 5.30. The Morgan fingerprint density at radius 2 is 1.90 bits per heavy atom. The summed E-state index contributed by atoms with van der Waals surface area (Å²) in [5.74, 6) is -0.309. The van der Waals surface area contributed by atoms with Crippen LogP contribution in [0.5, 0.6) is 0 Å². The molecular formula is C16H20N2O2. The van der Waals surface area contributed by atoms with Gasteiger partial charge in [0.05, 0.1) is 24.9 Å². The normalized spacial score (nSPS) is 10.6. The van der Waals surface area contributed by atoms with Gasteiger partial charge in [-0.1, -0.05) is 19.1 Å². The second kappa shape index (κ2) is 5.90. The predicted octanol–water partition coefficient (Wildman–Crippen LogP) is 2.90. The number of methoxy groups -OCH3 is 1. The van der Waals surface area contributed by atoms with Crippen molar-refractivity contribution >= 4 is 5.97 Å². The second-order valence-corrected chi connectivity index (χ2v) is 4.85. The predicted molar refractivity (Wildman–Crippen MR) is 78.0 cm³/mol. The molecule has 1 aromatic heterocycles. The second-order valence-electron chi connectivity index (χ2n) is 4.85. The zero-order chi connectivity index (χ0) is 14.7. The van der Waals surface area contributed by atoms with E-state index in [2.05, 4.69) is 18.9 Å². The molecule has 0 atom stereocenters. The van der Waals surface area contributed by atoms with Gasteiger partial charge in [-0.25, -0.2) is 4.79 Å². The van der Waals surface area contributed by atoms with Crippen molar-refractivity contribution in [2.45, 2.75) is 33.7 Å². The van der Waals surface area contributed by atoms with Crippen LogP contribution in [0.3, 0.4) is 0 Å². The fourth-order valence-electron chi connectivity index (χ4n) is 2.44. The number of ether oxygens (including phenoxy) is 1. The third kappa shape index (κ3) is 2.74. The number of hydrogen-bond donors (Lipinski definition) is 0. The van der Waals surface area contributed by atoms with Crippen LogP contribution in [0.2, 0.25) is 0 Å². The number of carbonyl (C=O) groups excluding carboxylic acids is 1. The molecule has 0 unspecified atom stereocenters. The fraction of sp³-hybridized carbons (Fsp3) is 0.375. The summed E-state index contributed by atoms with van der Waals surface area (Å²) in [7, 11) is 1.39. The van der Waals surface area contributed by atoms with Gasteiger partial charge in [-0.2, -0.15) is 5.10 Å². The molecule has 0 aliphatic heterocycles. The molecule has 0 saturated heterocycles. The molecule has 4 heteroatoms. The van der Waals surface area contributed by atoms with Gasteiger partial charge >= 0.3 is 5.97 Å². The van der Waals surface area contributed by atoms with Crippen LogP contribution < -0.4 is 0 Å². The molecule has 0 saturated carbocycles. The SMILES string of the molecule is CCc1c(C)nn(Cc2ccc(C(=O)OC)cc2)c1C. The lowest BCUT2D eigenvalue weighted by molar-refractivity contribution is 0.0600. The molecule has 2 rings (SSSR count). The summed E-state index contributed by atoms with van der Waals surface area (Å²) in [6.45, 7) is 7.00. The average Bonchev–Trinajstić information content (AvgIpc) is 2.73. The first kappa shape index (κ1) is 14.3. The maximum atomic E-state index is 11.4. The maximum Gasteiger partial charge on any atom is 0.337 e. The van der Waals surface area contributed by atoms with Gasteiger partial charge in [-0.05, 0) is 43.5 Å². The number of carbonyl (C=O) groups is 1. The number of aromatic nitrogens is 2. The monoisotopic (exact) mass is 272 g/mol. The summed E-state index contributed by atoms with van der Waals surface area (Å²) in [6.07, 6.45) is 0.999. The van der Waals surface area contributed by atoms with Gasteiger partial charge in [-0.3, -0.25) is 4.68 Å². The van der Waals surface area contributed by atoms with Gasteiger partial charge < -0.3 is 4.74 Å². The highest BCUT2D eigenvalue weighted by Crippen LogP contribution is 2.15. The molecule has 1 aromatic carbocycles. The Balaban J connectivity index is 2.20. The quantitative estimate of drug-likeness (QED) is 0.804. The highest BCUT2D eigenvalue weighted by atomic mass is 16.5. The zero-order valence-electron chi connectivity index (χ0n) is 12.4. The van der Waals surface area contributed by atoms with E-state index >= 15 is 0 Å². The highest BCUT2D eigenvalue weighted by Gasteiger charge is 2.10. The zero-order valence-corrected chi connectivity index (χ0v) is 12.4.